The van der Waals surface area contributed by atoms with E-state index in [0.717, 1.165) is 16.0 Å². The Morgan fingerprint density at radius 3 is 2.55 bits per heavy atom. The Balaban J connectivity index is 1.78. The Labute approximate surface area is 178 Å². The number of ether oxygens (including phenoxy) is 1. The van der Waals surface area contributed by atoms with Crippen molar-refractivity contribution in [2.45, 2.75) is 13.3 Å². The molecule has 7 heteroatoms. The quantitative estimate of drug-likeness (QED) is 0.415. The number of rotatable bonds is 7. The van der Waals surface area contributed by atoms with Gasteiger partial charge in [0.25, 0.3) is 0 Å². The van der Waals surface area contributed by atoms with Crippen LogP contribution in [0.5, 0.6) is 0 Å². The van der Waals surface area contributed by atoms with Crippen molar-refractivity contribution >= 4 is 46.0 Å². The van der Waals surface area contributed by atoms with Crippen LogP contribution in [0.15, 0.2) is 60.7 Å². The number of benzene rings is 2. The van der Waals surface area contributed by atoms with Gasteiger partial charge in [-0.25, -0.2) is 4.98 Å². The van der Waals surface area contributed by atoms with Gasteiger partial charge in [-0.1, -0.05) is 54.1 Å². The SMILES string of the molecule is CCOC(=O)Cc1sc(NC(=O)/C=C/c2ccc(Cl)cc2)nc1-c1ccccc1. The highest BCUT2D eigenvalue weighted by molar-refractivity contribution is 7.16. The summed E-state index contributed by atoms with van der Waals surface area (Å²) in [6, 6.07) is 16.7. The summed E-state index contributed by atoms with van der Waals surface area (Å²) in [6.45, 7) is 2.08. The minimum atomic E-state index is -0.325. The topological polar surface area (TPSA) is 68.3 Å². The zero-order valence-electron chi connectivity index (χ0n) is 15.7. The summed E-state index contributed by atoms with van der Waals surface area (Å²) < 4.78 is 5.06. The molecular formula is C22H19ClN2O3S. The second kappa shape index (κ2) is 10.0. The van der Waals surface area contributed by atoms with Crippen LogP contribution in [0.25, 0.3) is 17.3 Å². The van der Waals surface area contributed by atoms with E-state index in [9.17, 15) is 9.59 Å². The van der Waals surface area contributed by atoms with Crippen LogP contribution < -0.4 is 5.32 Å². The van der Waals surface area contributed by atoms with Crippen LogP contribution in [0.3, 0.4) is 0 Å². The summed E-state index contributed by atoms with van der Waals surface area (Å²) in [6.07, 6.45) is 3.22. The van der Waals surface area contributed by atoms with Gasteiger partial charge < -0.3 is 4.74 Å². The van der Waals surface area contributed by atoms with Gasteiger partial charge >= 0.3 is 5.97 Å². The first kappa shape index (κ1) is 20.8. The highest BCUT2D eigenvalue weighted by Crippen LogP contribution is 2.31. The summed E-state index contributed by atoms with van der Waals surface area (Å²) in [5, 5.41) is 3.82. The normalized spacial score (nSPS) is 10.8. The molecule has 0 fully saturated rings. The first-order valence-electron chi connectivity index (χ1n) is 9.00. The lowest BCUT2D eigenvalue weighted by molar-refractivity contribution is -0.142. The second-order valence-corrected chi connectivity index (χ2v) is 7.53. The van der Waals surface area contributed by atoms with Crippen LogP contribution in [-0.2, 0) is 20.7 Å². The van der Waals surface area contributed by atoms with Crippen molar-refractivity contribution in [3.05, 3.63) is 76.1 Å². The molecule has 0 radical (unpaired) electrons. The van der Waals surface area contributed by atoms with Crippen LogP contribution in [0.2, 0.25) is 5.02 Å². The van der Waals surface area contributed by atoms with Crippen molar-refractivity contribution in [3.63, 3.8) is 0 Å². The van der Waals surface area contributed by atoms with Crippen molar-refractivity contribution in [2.75, 3.05) is 11.9 Å². The summed E-state index contributed by atoms with van der Waals surface area (Å²) in [7, 11) is 0. The number of hydrogen-bond acceptors (Lipinski definition) is 5. The number of esters is 1. The van der Waals surface area contributed by atoms with E-state index in [0.29, 0.717) is 22.5 Å². The van der Waals surface area contributed by atoms with E-state index in [1.807, 2.05) is 42.5 Å². The number of amides is 1. The van der Waals surface area contributed by atoms with Gasteiger partial charge in [0.15, 0.2) is 5.13 Å². The number of thiazole rings is 1. The third kappa shape index (κ3) is 6.01. The molecule has 0 saturated carbocycles. The molecule has 0 bridgehead atoms. The third-order valence-corrected chi connectivity index (χ3v) is 5.10. The number of carbonyl (C=O) groups is 2. The minimum absolute atomic E-state index is 0.103. The average molecular weight is 427 g/mol. The molecule has 29 heavy (non-hydrogen) atoms. The predicted molar refractivity (Wildman–Crippen MR) is 117 cm³/mol. The predicted octanol–water partition coefficient (Wildman–Crippen LogP) is 5.22. The van der Waals surface area contributed by atoms with Gasteiger partial charge in [0, 0.05) is 21.5 Å². The van der Waals surface area contributed by atoms with E-state index in [-0.39, 0.29) is 18.3 Å². The molecule has 148 valence electrons. The zero-order valence-corrected chi connectivity index (χ0v) is 17.3. The molecule has 0 aliphatic rings. The van der Waals surface area contributed by atoms with Gasteiger partial charge in [0.1, 0.15) is 0 Å². The Hall–Kier alpha value is -2.96. The molecular weight excluding hydrogens is 408 g/mol. The second-order valence-electron chi connectivity index (χ2n) is 6.01. The van der Waals surface area contributed by atoms with Gasteiger partial charge in [-0.3, -0.25) is 14.9 Å². The molecule has 3 aromatic rings. The van der Waals surface area contributed by atoms with Crippen LogP contribution in [0.1, 0.15) is 17.4 Å². The molecule has 0 saturated heterocycles. The summed E-state index contributed by atoms with van der Waals surface area (Å²) in [5.74, 6) is -0.634. The van der Waals surface area contributed by atoms with Gasteiger partial charge in [0.2, 0.25) is 5.91 Å². The van der Waals surface area contributed by atoms with E-state index < -0.39 is 0 Å². The Kier molecular flexibility index (Phi) is 7.16. The Bertz CT molecular complexity index is 1010. The van der Waals surface area contributed by atoms with Gasteiger partial charge in [-0.15, -0.1) is 11.3 Å². The van der Waals surface area contributed by atoms with Crippen molar-refractivity contribution in [3.8, 4) is 11.3 Å². The molecule has 0 aliphatic carbocycles. The van der Waals surface area contributed by atoms with Crippen molar-refractivity contribution in [1.82, 2.24) is 4.98 Å². The molecule has 1 amide bonds. The maximum absolute atomic E-state index is 12.3. The molecule has 0 spiro atoms. The fourth-order valence-corrected chi connectivity index (χ4v) is 3.68. The molecule has 5 nitrogen and oxygen atoms in total. The number of carbonyl (C=O) groups excluding carboxylic acids is 2. The van der Waals surface area contributed by atoms with Crippen LogP contribution in [0.4, 0.5) is 5.13 Å². The Morgan fingerprint density at radius 1 is 1.14 bits per heavy atom. The third-order valence-electron chi connectivity index (χ3n) is 3.88. The molecule has 3 rings (SSSR count). The summed E-state index contributed by atoms with van der Waals surface area (Å²) in [4.78, 5) is 29.5. The van der Waals surface area contributed by atoms with E-state index in [2.05, 4.69) is 10.3 Å². The number of hydrogen-bond donors (Lipinski definition) is 1. The maximum atomic E-state index is 12.3. The summed E-state index contributed by atoms with van der Waals surface area (Å²) >= 11 is 7.13. The molecule has 1 heterocycles. The van der Waals surface area contributed by atoms with E-state index in [4.69, 9.17) is 16.3 Å². The van der Waals surface area contributed by atoms with Gasteiger partial charge in [-0.05, 0) is 30.7 Å². The number of anilines is 1. The van der Waals surface area contributed by atoms with Crippen molar-refractivity contribution < 1.29 is 14.3 Å². The van der Waals surface area contributed by atoms with Gasteiger partial charge in [-0.2, -0.15) is 0 Å². The molecule has 0 atom stereocenters. The standard InChI is InChI=1S/C22H19ClN2O3S/c1-2-28-20(27)14-18-21(16-6-4-3-5-7-16)25-22(29-18)24-19(26)13-10-15-8-11-17(23)12-9-15/h3-13H,2,14H2,1H3,(H,24,25,26)/b13-10+. The first-order valence-corrected chi connectivity index (χ1v) is 10.2. The molecule has 0 unspecified atom stereocenters. The lowest BCUT2D eigenvalue weighted by Gasteiger charge is -2.02. The molecule has 1 aromatic heterocycles. The van der Waals surface area contributed by atoms with E-state index in [1.165, 1.54) is 17.4 Å². The van der Waals surface area contributed by atoms with Crippen LogP contribution >= 0.6 is 22.9 Å². The average Bonchev–Trinajstić information content (AvgIpc) is 3.10. The van der Waals surface area contributed by atoms with Crippen molar-refractivity contribution in [2.24, 2.45) is 0 Å². The zero-order chi connectivity index (χ0) is 20.6. The highest BCUT2D eigenvalue weighted by atomic mass is 35.5. The molecule has 0 aliphatic heterocycles. The minimum Gasteiger partial charge on any atom is -0.466 e. The number of nitrogens with one attached hydrogen (secondary N) is 1. The van der Waals surface area contributed by atoms with Crippen molar-refractivity contribution in [1.29, 1.82) is 0 Å². The maximum Gasteiger partial charge on any atom is 0.311 e. The highest BCUT2D eigenvalue weighted by Gasteiger charge is 2.17. The smallest absolute Gasteiger partial charge is 0.311 e. The fraction of sp³-hybridized carbons (Fsp3) is 0.136. The monoisotopic (exact) mass is 426 g/mol. The number of halogens is 1. The lowest BCUT2D eigenvalue weighted by atomic mass is 10.1. The first-order chi connectivity index (χ1) is 14.0. The number of nitrogens with zero attached hydrogens (tertiary/aromatic N) is 1. The van der Waals surface area contributed by atoms with Crippen LogP contribution in [0, 0.1) is 0 Å². The van der Waals surface area contributed by atoms with E-state index in [1.54, 1.807) is 25.1 Å². The lowest BCUT2D eigenvalue weighted by Crippen LogP contribution is -2.07. The van der Waals surface area contributed by atoms with Crippen LogP contribution in [-0.4, -0.2) is 23.5 Å². The van der Waals surface area contributed by atoms with E-state index >= 15 is 0 Å². The van der Waals surface area contributed by atoms with Gasteiger partial charge in [0.05, 0.1) is 18.7 Å². The number of aromatic nitrogens is 1. The summed E-state index contributed by atoms with van der Waals surface area (Å²) in [5.41, 5.74) is 2.40. The largest absolute Gasteiger partial charge is 0.466 e. The molecule has 2 aromatic carbocycles. The Morgan fingerprint density at radius 2 is 1.86 bits per heavy atom. The fourth-order valence-electron chi connectivity index (χ4n) is 2.58. The molecule has 1 N–H and O–H groups in total.